The fourth-order valence-electron chi connectivity index (χ4n) is 3.67. The Hall–Kier alpha value is -2.16. The minimum atomic E-state index is 0.000430. The first-order chi connectivity index (χ1) is 15.5. The van der Waals surface area contributed by atoms with Crippen molar-refractivity contribution in [2.24, 2.45) is 4.99 Å². The van der Waals surface area contributed by atoms with Gasteiger partial charge in [0.05, 0.1) is 0 Å². The SMILES string of the molecule is COCCCN(C)CCNC(=NCC(=O)N(C)C)NC1CCN(Cc2ccccc2)CC1. The largest absolute Gasteiger partial charge is 0.385 e. The van der Waals surface area contributed by atoms with Crippen LogP contribution in [0.1, 0.15) is 24.8 Å². The highest BCUT2D eigenvalue weighted by atomic mass is 16.5. The molecule has 0 saturated carbocycles. The molecule has 2 N–H and O–H groups in total. The van der Waals surface area contributed by atoms with E-state index in [1.165, 1.54) is 5.56 Å². The Bertz CT molecular complexity index is 674. The third-order valence-electron chi connectivity index (χ3n) is 5.72. The molecule has 0 aromatic heterocycles. The average molecular weight is 447 g/mol. The Labute approximate surface area is 194 Å². The fraction of sp³-hybridized carbons (Fsp3) is 0.667. The lowest BCUT2D eigenvalue weighted by atomic mass is 10.0. The van der Waals surface area contributed by atoms with Gasteiger partial charge >= 0.3 is 0 Å². The maximum Gasteiger partial charge on any atom is 0.243 e. The van der Waals surface area contributed by atoms with E-state index in [9.17, 15) is 4.79 Å². The minimum Gasteiger partial charge on any atom is -0.385 e. The van der Waals surface area contributed by atoms with E-state index in [0.29, 0.717) is 6.04 Å². The lowest BCUT2D eigenvalue weighted by Crippen LogP contribution is -2.49. The van der Waals surface area contributed by atoms with Crippen molar-refractivity contribution in [1.82, 2.24) is 25.3 Å². The number of nitrogens with one attached hydrogen (secondary N) is 2. The molecule has 0 aliphatic carbocycles. The summed E-state index contributed by atoms with van der Waals surface area (Å²) in [5.41, 5.74) is 1.36. The second kappa shape index (κ2) is 14.8. The van der Waals surface area contributed by atoms with Crippen molar-refractivity contribution >= 4 is 11.9 Å². The highest BCUT2D eigenvalue weighted by molar-refractivity contribution is 5.84. The van der Waals surface area contributed by atoms with Gasteiger partial charge in [-0.3, -0.25) is 9.69 Å². The Morgan fingerprint density at radius 1 is 1.16 bits per heavy atom. The van der Waals surface area contributed by atoms with Gasteiger partial charge in [-0.15, -0.1) is 0 Å². The molecule has 1 heterocycles. The smallest absolute Gasteiger partial charge is 0.243 e. The van der Waals surface area contributed by atoms with Crippen LogP contribution in [0, 0.1) is 0 Å². The van der Waals surface area contributed by atoms with E-state index in [1.807, 2.05) is 0 Å². The van der Waals surface area contributed by atoms with Gasteiger partial charge in [0.2, 0.25) is 5.91 Å². The van der Waals surface area contributed by atoms with Crippen LogP contribution in [0.4, 0.5) is 0 Å². The predicted molar refractivity (Wildman–Crippen MR) is 131 cm³/mol. The molecule has 180 valence electrons. The van der Waals surface area contributed by atoms with Crippen LogP contribution in [0.25, 0.3) is 0 Å². The average Bonchev–Trinajstić information content (AvgIpc) is 2.79. The van der Waals surface area contributed by atoms with Crippen LogP contribution in [-0.2, 0) is 16.1 Å². The second-order valence-electron chi connectivity index (χ2n) is 8.71. The van der Waals surface area contributed by atoms with Crippen molar-refractivity contribution in [1.29, 1.82) is 0 Å². The molecule has 1 saturated heterocycles. The number of hydrogen-bond acceptors (Lipinski definition) is 5. The molecule has 1 aromatic carbocycles. The number of likely N-dealkylation sites (tertiary alicyclic amines) is 1. The number of rotatable bonds is 12. The van der Waals surface area contributed by atoms with E-state index >= 15 is 0 Å². The maximum absolute atomic E-state index is 12.0. The summed E-state index contributed by atoms with van der Waals surface area (Å²) in [5, 5.41) is 6.98. The van der Waals surface area contributed by atoms with Crippen LogP contribution in [0.3, 0.4) is 0 Å². The summed E-state index contributed by atoms with van der Waals surface area (Å²) in [6.45, 7) is 6.71. The standard InChI is InChI=1S/C24H42N6O2/c1-28(2)23(31)19-26-24(25-13-17-29(3)14-8-18-32-4)27-22-11-15-30(16-12-22)20-21-9-6-5-7-10-21/h5-7,9-10,22H,8,11-20H2,1-4H3,(H2,25,26,27). The number of piperidine rings is 1. The van der Waals surface area contributed by atoms with Gasteiger partial charge in [-0.1, -0.05) is 30.3 Å². The number of nitrogens with zero attached hydrogens (tertiary/aromatic N) is 4. The lowest BCUT2D eigenvalue weighted by molar-refractivity contribution is -0.127. The highest BCUT2D eigenvalue weighted by Gasteiger charge is 2.20. The zero-order valence-electron chi connectivity index (χ0n) is 20.3. The molecule has 0 spiro atoms. The van der Waals surface area contributed by atoms with Gasteiger partial charge in [0, 0.05) is 73.1 Å². The Kier molecular flexibility index (Phi) is 12.1. The van der Waals surface area contributed by atoms with Gasteiger partial charge in [-0.25, -0.2) is 4.99 Å². The summed E-state index contributed by atoms with van der Waals surface area (Å²) in [6.07, 6.45) is 3.14. The molecule has 32 heavy (non-hydrogen) atoms. The number of hydrogen-bond donors (Lipinski definition) is 2. The first-order valence-electron chi connectivity index (χ1n) is 11.7. The summed E-state index contributed by atoms with van der Waals surface area (Å²) in [6, 6.07) is 11.0. The van der Waals surface area contributed by atoms with E-state index in [0.717, 1.165) is 71.1 Å². The number of likely N-dealkylation sites (N-methyl/N-ethyl adjacent to an activating group) is 2. The molecule has 0 atom stereocenters. The quantitative estimate of drug-likeness (QED) is 0.286. The molecule has 8 heteroatoms. The van der Waals surface area contributed by atoms with Crippen LogP contribution in [0.5, 0.6) is 0 Å². The van der Waals surface area contributed by atoms with Gasteiger partial charge in [-0.2, -0.15) is 0 Å². The molecule has 1 fully saturated rings. The van der Waals surface area contributed by atoms with Gasteiger partial charge in [-0.05, 0) is 31.9 Å². The van der Waals surface area contributed by atoms with Crippen molar-refractivity contribution < 1.29 is 9.53 Å². The molecular weight excluding hydrogens is 404 g/mol. The molecule has 1 aliphatic rings. The molecule has 0 radical (unpaired) electrons. The fourth-order valence-corrected chi connectivity index (χ4v) is 3.67. The van der Waals surface area contributed by atoms with Crippen molar-refractivity contribution in [2.45, 2.75) is 31.8 Å². The molecular formula is C24H42N6O2. The third kappa shape index (κ3) is 10.4. The predicted octanol–water partition coefficient (Wildman–Crippen LogP) is 1.24. The van der Waals surface area contributed by atoms with Crippen LogP contribution in [0.15, 0.2) is 35.3 Å². The number of methoxy groups -OCH3 is 1. The van der Waals surface area contributed by atoms with Gasteiger partial charge < -0.3 is 25.2 Å². The number of carbonyl (C=O) groups is 1. The molecule has 8 nitrogen and oxygen atoms in total. The summed E-state index contributed by atoms with van der Waals surface area (Å²) >= 11 is 0. The maximum atomic E-state index is 12.0. The number of guanidine groups is 1. The van der Waals surface area contributed by atoms with Crippen molar-refractivity contribution in [3.05, 3.63) is 35.9 Å². The van der Waals surface area contributed by atoms with Gasteiger partial charge in [0.15, 0.2) is 5.96 Å². The normalized spacial score (nSPS) is 15.7. The zero-order chi connectivity index (χ0) is 23.2. The molecule has 1 amide bonds. The Morgan fingerprint density at radius 2 is 1.88 bits per heavy atom. The topological polar surface area (TPSA) is 72.4 Å². The third-order valence-corrected chi connectivity index (χ3v) is 5.72. The lowest BCUT2D eigenvalue weighted by Gasteiger charge is -2.33. The summed E-state index contributed by atoms with van der Waals surface area (Å²) < 4.78 is 5.12. The van der Waals surface area contributed by atoms with Crippen LogP contribution >= 0.6 is 0 Å². The molecule has 2 rings (SSSR count). The van der Waals surface area contributed by atoms with Crippen LogP contribution < -0.4 is 10.6 Å². The number of carbonyl (C=O) groups excluding carboxylic acids is 1. The van der Waals surface area contributed by atoms with E-state index in [2.05, 4.69) is 62.8 Å². The molecule has 1 aromatic rings. The molecule has 0 unspecified atom stereocenters. The minimum absolute atomic E-state index is 0.000430. The van der Waals surface area contributed by atoms with Crippen molar-refractivity contribution in [3.63, 3.8) is 0 Å². The number of amides is 1. The summed E-state index contributed by atoms with van der Waals surface area (Å²) in [7, 11) is 7.36. The molecule has 0 bridgehead atoms. The van der Waals surface area contributed by atoms with E-state index in [4.69, 9.17) is 4.74 Å². The van der Waals surface area contributed by atoms with Crippen LogP contribution in [0.2, 0.25) is 0 Å². The molecule has 1 aliphatic heterocycles. The first-order valence-corrected chi connectivity index (χ1v) is 11.7. The summed E-state index contributed by atoms with van der Waals surface area (Å²) in [5.74, 6) is 0.729. The number of benzene rings is 1. The highest BCUT2D eigenvalue weighted by Crippen LogP contribution is 2.13. The summed E-state index contributed by atoms with van der Waals surface area (Å²) in [4.78, 5) is 22.9. The van der Waals surface area contributed by atoms with E-state index in [1.54, 1.807) is 26.1 Å². The van der Waals surface area contributed by atoms with Crippen LogP contribution in [-0.4, -0.2) is 107 Å². The van der Waals surface area contributed by atoms with Crippen molar-refractivity contribution in [2.75, 3.05) is 74.1 Å². The second-order valence-corrected chi connectivity index (χ2v) is 8.71. The van der Waals surface area contributed by atoms with Gasteiger partial charge in [0.1, 0.15) is 6.54 Å². The van der Waals surface area contributed by atoms with E-state index < -0.39 is 0 Å². The zero-order valence-corrected chi connectivity index (χ0v) is 20.3. The van der Waals surface area contributed by atoms with E-state index in [-0.39, 0.29) is 12.5 Å². The number of aliphatic imine (C=N–C) groups is 1. The number of ether oxygens (including phenoxy) is 1. The monoisotopic (exact) mass is 446 g/mol. The Morgan fingerprint density at radius 3 is 2.53 bits per heavy atom. The van der Waals surface area contributed by atoms with Crippen molar-refractivity contribution in [3.8, 4) is 0 Å². The van der Waals surface area contributed by atoms with Gasteiger partial charge in [0.25, 0.3) is 0 Å². The first kappa shape index (κ1) is 26.1. The Balaban J connectivity index is 1.80.